The summed E-state index contributed by atoms with van der Waals surface area (Å²) in [4.78, 5) is 39.4. The molecule has 0 spiro atoms. The highest BCUT2D eigenvalue weighted by molar-refractivity contribution is 6.06. The predicted octanol–water partition coefficient (Wildman–Crippen LogP) is 1.39. The summed E-state index contributed by atoms with van der Waals surface area (Å²) in [6, 6.07) is 12.5. The highest BCUT2D eigenvalue weighted by Crippen LogP contribution is 2.26. The van der Waals surface area contributed by atoms with Gasteiger partial charge in [0.05, 0.1) is 0 Å². The fraction of sp³-hybridized carbons (Fsp3) is 0.286. The summed E-state index contributed by atoms with van der Waals surface area (Å²) < 4.78 is 0. The van der Waals surface area contributed by atoms with Gasteiger partial charge in [-0.3, -0.25) is 14.4 Å². The number of nitrogens with one attached hydrogen (secondary N) is 2. The topological polar surface area (TPSA) is 102 Å². The number of amides is 2. The molecule has 2 heterocycles. The average Bonchev–Trinajstić information content (AvgIpc) is 3.03. The number of nitrogens with zero attached hydrogens (tertiary/aromatic N) is 2. The van der Waals surface area contributed by atoms with Crippen molar-refractivity contribution in [2.75, 3.05) is 42.9 Å². The fourth-order valence-corrected chi connectivity index (χ4v) is 3.68. The second kappa shape index (κ2) is 7.92. The number of carboxylic acids is 1. The van der Waals surface area contributed by atoms with Gasteiger partial charge in [-0.15, -0.1) is 0 Å². The maximum atomic E-state index is 12.6. The Balaban J connectivity index is 1.43. The van der Waals surface area contributed by atoms with E-state index in [-0.39, 0.29) is 24.9 Å². The van der Waals surface area contributed by atoms with Gasteiger partial charge < -0.3 is 25.5 Å². The maximum absolute atomic E-state index is 12.6. The summed E-state index contributed by atoms with van der Waals surface area (Å²) in [5.74, 6) is -1.65. The summed E-state index contributed by atoms with van der Waals surface area (Å²) in [5.41, 5.74) is 3.31. The third-order valence-electron chi connectivity index (χ3n) is 5.18. The molecule has 1 saturated heterocycles. The van der Waals surface area contributed by atoms with Crippen LogP contribution in [0.1, 0.15) is 26.3 Å². The van der Waals surface area contributed by atoms with Gasteiger partial charge in [-0.05, 0) is 42.0 Å². The monoisotopic (exact) mass is 394 g/mol. The second-order valence-electron chi connectivity index (χ2n) is 7.16. The summed E-state index contributed by atoms with van der Waals surface area (Å²) in [6.07, 6.45) is 0. The van der Waals surface area contributed by atoms with E-state index in [0.717, 1.165) is 37.4 Å². The Morgan fingerprint density at radius 3 is 2.48 bits per heavy atom. The van der Waals surface area contributed by atoms with Gasteiger partial charge in [-0.25, -0.2) is 0 Å². The summed E-state index contributed by atoms with van der Waals surface area (Å²) in [7, 11) is 0. The largest absolute Gasteiger partial charge is 0.480 e. The molecular formula is C21H22N4O4. The Morgan fingerprint density at radius 1 is 1.07 bits per heavy atom. The molecule has 0 radical (unpaired) electrons. The number of piperazine rings is 1. The van der Waals surface area contributed by atoms with E-state index in [1.54, 1.807) is 30.3 Å². The van der Waals surface area contributed by atoms with E-state index >= 15 is 0 Å². The van der Waals surface area contributed by atoms with E-state index in [9.17, 15) is 14.4 Å². The van der Waals surface area contributed by atoms with Crippen molar-refractivity contribution in [2.45, 2.75) is 6.54 Å². The SMILES string of the molecule is O=C(O)CN1Cc2ccc(NC(=O)c3ccc(N4CCNCC4)cc3)cc2C1=O. The fourth-order valence-electron chi connectivity index (χ4n) is 3.68. The van der Waals surface area contributed by atoms with Crippen LogP contribution in [0.25, 0.3) is 0 Å². The Labute approximate surface area is 168 Å². The number of rotatable bonds is 5. The number of carbonyl (C=O) groups is 3. The zero-order valence-corrected chi connectivity index (χ0v) is 15.9. The molecule has 1 fully saturated rings. The van der Waals surface area contributed by atoms with Gasteiger partial charge in [0.1, 0.15) is 6.54 Å². The molecule has 8 nitrogen and oxygen atoms in total. The van der Waals surface area contributed by atoms with Gasteiger partial charge in [0.25, 0.3) is 11.8 Å². The molecular weight excluding hydrogens is 372 g/mol. The second-order valence-corrected chi connectivity index (χ2v) is 7.16. The number of anilines is 2. The van der Waals surface area contributed by atoms with Crippen LogP contribution in [-0.2, 0) is 11.3 Å². The number of benzene rings is 2. The molecule has 0 aliphatic carbocycles. The number of carbonyl (C=O) groups excluding carboxylic acids is 2. The first-order valence-corrected chi connectivity index (χ1v) is 9.52. The van der Waals surface area contributed by atoms with Gasteiger partial charge in [0, 0.05) is 55.2 Å². The maximum Gasteiger partial charge on any atom is 0.323 e. The molecule has 0 aromatic heterocycles. The Hall–Kier alpha value is -3.39. The molecule has 8 heteroatoms. The molecule has 29 heavy (non-hydrogen) atoms. The van der Waals surface area contributed by atoms with Crippen LogP contribution in [-0.4, -0.2) is 60.5 Å². The van der Waals surface area contributed by atoms with Gasteiger partial charge in [0.2, 0.25) is 0 Å². The molecule has 2 aromatic carbocycles. The number of carboxylic acid groups (broad SMARTS) is 1. The van der Waals surface area contributed by atoms with Crippen molar-refractivity contribution in [1.82, 2.24) is 10.2 Å². The van der Waals surface area contributed by atoms with Crippen LogP contribution in [0.4, 0.5) is 11.4 Å². The summed E-state index contributed by atoms with van der Waals surface area (Å²) in [5, 5.41) is 15.0. The van der Waals surface area contributed by atoms with Gasteiger partial charge >= 0.3 is 5.97 Å². The predicted molar refractivity (Wildman–Crippen MR) is 108 cm³/mol. The van der Waals surface area contributed by atoms with E-state index < -0.39 is 5.97 Å². The van der Waals surface area contributed by atoms with Crippen molar-refractivity contribution >= 4 is 29.2 Å². The van der Waals surface area contributed by atoms with Gasteiger partial charge in [-0.2, -0.15) is 0 Å². The summed E-state index contributed by atoms with van der Waals surface area (Å²) in [6.45, 7) is 3.70. The normalized spacial score (nSPS) is 15.9. The van der Waals surface area contributed by atoms with E-state index in [2.05, 4.69) is 15.5 Å². The third kappa shape index (κ3) is 4.07. The van der Waals surface area contributed by atoms with Crippen LogP contribution in [0.3, 0.4) is 0 Å². The highest BCUT2D eigenvalue weighted by Gasteiger charge is 2.29. The first-order valence-electron chi connectivity index (χ1n) is 9.52. The van der Waals surface area contributed by atoms with Crippen molar-refractivity contribution in [2.24, 2.45) is 0 Å². The van der Waals surface area contributed by atoms with E-state index in [0.29, 0.717) is 16.8 Å². The standard InChI is InChI=1S/C21H22N4O4/c26-19(27)13-25-12-15-1-4-16(11-18(15)21(25)29)23-20(28)14-2-5-17(6-3-14)24-9-7-22-8-10-24/h1-6,11,22H,7-10,12-13H2,(H,23,28)(H,26,27). The first kappa shape index (κ1) is 18.9. The number of aliphatic carboxylic acids is 1. The van der Waals surface area contributed by atoms with E-state index in [1.165, 1.54) is 4.90 Å². The molecule has 2 aliphatic heterocycles. The van der Waals surface area contributed by atoms with Crippen molar-refractivity contribution in [1.29, 1.82) is 0 Å². The lowest BCUT2D eigenvalue weighted by molar-refractivity contribution is -0.137. The Morgan fingerprint density at radius 2 is 1.79 bits per heavy atom. The Bertz CT molecular complexity index is 952. The molecule has 2 aromatic rings. The first-order chi connectivity index (χ1) is 14.0. The highest BCUT2D eigenvalue weighted by atomic mass is 16.4. The lowest BCUT2D eigenvalue weighted by atomic mass is 10.1. The minimum absolute atomic E-state index is 0.260. The van der Waals surface area contributed by atoms with Crippen LogP contribution in [0.15, 0.2) is 42.5 Å². The zero-order chi connectivity index (χ0) is 20.4. The van der Waals surface area contributed by atoms with Gasteiger partial charge in [0.15, 0.2) is 0 Å². The van der Waals surface area contributed by atoms with Crippen molar-refractivity contribution < 1.29 is 19.5 Å². The molecule has 0 bridgehead atoms. The molecule has 0 saturated carbocycles. The molecule has 2 amide bonds. The smallest absolute Gasteiger partial charge is 0.323 e. The average molecular weight is 394 g/mol. The molecule has 3 N–H and O–H groups in total. The summed E-state index contributed by atoms with van der Waals surface area (Å²) >= 11 is 0. The number of hydrogen-bond donors (Lipinski definition) is 3. The zero-order valence-electron chi connectivity index (χ0n) is 15.9. The molecule has 0 unspecified atom stereocenters. The lowest BCUT2D eigenvalue weighted by Gasteiger charge is -2.29. The number of fused-ring (bicyclic) bond motifs is 1. The Kier molecular flexibility index (Phi) is 5.18. The van der Waals surface area contributed by atoms with E-state index in [4.69, 9.17) is 5.11 Å². The third-order valence-corrected chi connectivity index (χ3v) is 5.18. The van der Waals surface area contributed by atoms with E-state index in [1.807, 2.05) is 12.1 Å². The van der Waals surface area contributed by atoms with Crippen LogP contribution in [0, 0.1) is 0 Å². The van der Waals surface area contributed by atoms with Crippen LogP contribution < -0.4 is 15.5 Å². The van der Waals surface area contributed by atoms with Crippen LogP contribution in [0.5, 0.6) is 0 Å². The van der Waals surface area contributed by atoms with Crippen LogP contribution >= 0.6 is 0 Å². The molecule has 4 rings (SSSR count). The number of hydrogen-bond acceptors (Lipinski definition) is 5. The molecule has 150 valence electrons. The van der Waals surface area contributed by atoms with Gasteiger partial charge in [-0.1, -0.05) is 6.07 Å². The van der Waals surface area contributed by atoms with Crippen LogP contribution in [0.2, 0.25) is 0 Å². The van der Waals surface area contributed by atoms with Crippen molar-refractivity contribution in [3.63, 3.8) is 0 Å². The quantitative estimate of drug-likeness (QED) is 0.708. The van der Waals surface area contributed by atoms with Crippen molar-refractivity contribution in [3.05, 3.63) is 59.2 Å². The minimum atomic E-state index is -1.05. The minimum Gasteiger partial charge on any atom is -0.480 e. The molecule has 0 atom stereocenters. The molecule has 2 aliphatic rings. The lowest BCUT2D eigenvalue weighted by Crippen LogP contribution is -2.43. The van der Waals surface area contributed by atoms with Crippen molar-refractivity contribution in [3.8, 4) is 0 Å².